The highest BCUT2D eigenvalue weighted by Gasteiger charge is 2.24. The number of guanidine groups is 1. The molecule has 3 N–H and O–H groups in total. The first-order valence-corrected chi connectivity index (χ1v) is 9.73. The van der Waals surface area contributed by atoms with Crippen LogP contribution >= 0.6 is 0 Å². The molecule has 0 saturated carbocycles. The Labute approximate surface area is 152 Å². The summed E-state index contributed by atoms with van der Waals surface area (Å²) in [5, 5.41) is 3.42. The molecule has 2 saturated heterocycles. The Bertz CT molecular complexity index is 447. The molecule has 25 heavy (non-hydrogen) atoms. The Morgan fingerprint density at radius 1 is 1.28 bits per heavy atom. The van der Waals surface area contributed by atoms with E-state index in [1.54, 1.807) is 0 Å². The quantitative estimate of drug-likeness (QED) is 0.527. The summed E-state index contributed by atoms with van der Waals surface area (Å²) >= 11 is 0. The van der Waals surface area contributed by atoms with E-state index in [0.717, 1.165) is 71.2 Å². The second-order valence-corrected chi connectivity index (χ2v) is 7.51. The van der Waals surface area contributed by atoms with Crippen molar-refractivity contribution in [3.05, 3.63) is 0 Å². The Morgan fingerprint density at radius 3 is 2.64 bits per heavy atom. The molecule has 0 aromatic heterocycles. The predicted molar refractivity (Wildman–Crippen MR) is 103 cm³/mol. The molecule has 2 aliphatic rings. The third-order valence-electron chi connectivity index (χ3n) is 5.31. The number of carbonyl (C=O) groups is 1. The average molecular weight is 353 g/mol. The summed E-state index contributed by atoms with van der Waals surface area (Å²) in [6.45, 7) is 12.4. The lowest BCUT2D eigenvalue weighted by molar-refractivity contribution is -0.119. The first-order chi connectivity index (χ1) is 12.0. The topological polar surface area (TPSA) is 77.2 Å². The van der Waals surface area contributed by atoms with Gasteiger partial charge >= 0.3 is 0 Å². The lowest BCUT2D eigenvalue weighted by Gasteiger charge is -2.37. The molecule has 0 radical (unpaired) electrons. The number of nitrogens with two attached hydrogens (primary N) is 1. The number of nitrogens with one attached hydrogen (secondary N) is 1. The zero-order chi connectivity index (χ0) is 18.2. The minimum Gasteiger partial charge on any atom is -0.370 e. The lowest BCUT2D eigenvalue weighted by Crippen LogP contribution is -2.50. The molecule has 7 heteroatoms. The molecule has 1 amide bonds. The van der Waals surface area contributed by atoms with E-state index in [2.05, 4.69) is 40.9 Å². The van der Waals surface area contributed by atoms with Crippen molar-refractivity contribution < 1.29 is 4.79 Å². The third kappa shape index (κ3) is 6.47. The fourth-order valence-electron chi connectivity index (χ4n) is 3.73. The van der Waals surface area contributed by atoms with Crippen molar-refractivity contribution in [1.82, 2.24) is 20.0 Å². The van der Waals surface area contributed by atoms with Crippen molar-refractivity contribution in [2.75, 3.05) is 59.4 Å². The highest BCUT2D eigenvalue weighted by molar-refractivity contribution is 5.80. The normalized spacial score (nSPS) is 25.0. The van der Waals surface area contributed by atoms with Gasteiger partial charge in [-0.2, -0.15) is 0 Å². The molecule has 2 atom stereocenters. The van der Waals surface area contributed by atoms with Crippen LogP contribution < -0.4 is 11.1 Å². The van der Waals surface area contributed by atoms with Gasteiger partial charge in [0.1, 0.15) is 0 Å². The number of rotatable bonds is 6. The highest BCUT2D eigenvalue weighted by Crippen LogP contribution is 2.19. The maximum atomic E-state index is 11.2. The predicted octanol–water partition coefficient (Wildman–Crippen LogP) is 0.175. The molecule has 0 aromatic carbocycles. The van der Waals surface area contributed by atoms with Gasteiger partial charge in [0, 0.05) is 58.3 Å². The van der Waals surface area contributed by atoms with Crippen LogP contribution in [0.3, 0.4) is 0 Å². The van der Waals surface area contributed by atoms with Crippen molar-refractivity contribution in [2.45, 2.75) is 39.2 Å². The zero-order valence-electron chi connectivity index (χ0n) is 16.2. The van der Waals surface area contributed by atoms with Gasteiger partial charge in [0.25, 0.3) is 0 Å². The van der Waals surface area contributed by atoms with Crippen molar-refractivity contribution >= 4 is 11.9 Å². The molecule has 0 aliphatic carbocycles. The molecule has 0 bridgehead atoms. The second kappa shape index (κ2) is 9.97. The van der Waals surface area contributed by atoms with E-state index in [0.29, 0.717) is 18.4 Å². The van der Waals surface area contributed by atoms with Crippen molar-refractivity contribution in [3.63, 3.8) is 0 Å². The summed E-state index contributed by atoms with van der Waals surface area (Å²) in [4.78, 5) is 23.3. The van der Waals surface area contributed by atoms with Crippen LogP contribution in [0, 0.1) is 5.92 Å². The van der Waals surface area contributed by atoms with Crippen LogP contribution in [-0.4, -0.2) is 92.0 Å². The molecule has 2 unspecified atom stereocenters. The average Bonchev–Trinajstić information content (AvgIpc) is 2.58. The largest absolute Gasteiger partial charge is 0.370 e. The molecular formula is C18H36N6O. The molecule has 2 aliphatic heterocycles. The monoisotopic (exact) mass is 352 g/mol. The SMILES string of the molecule is CCNC(=NCC(C)N1CCN(C)CC1)N1CCCC(CC(N)=O)C1. The van der Waals surface area contributed by atoms with E-state index in [-0.39, 0.29) is 5.91 Å². The zero-order valence-corrected chi connectivity index (χ0v) is 16.2. The number of primary amides is 1. The Hall–Kier alpha value is -1.34. The number of likely N-dealkylation sites (tertiary alicyclic amines) is 1. The van der Waals surface area contributed by atoms with Gasteiger partial charge in [-0.3, -0.25) is 14.7 Å². The lowest BCUT2D eigenvalue weighted by atomic mass is 9.95. The molecule has 7 nitrogen and oxygen atoms in total. The van der Waals surface area contributed by atoms with E-state index in [1.165, 1.54) is 0 Å². The highest BCUT2D eigenvalue weighted by atomic mass is 16.1. The number of amides is 1. The van der Waals surface area contributed by atoms with Crippen LogP contribution in [0.4, 0.5) is 0 Å². The standard InChI is InChI=1S/C18H36N6O/c1-4-20-18(24-7-5-6-16(14-24)12-17(19)25)21-13-15(2)23-10-8-22(3)9-11-23/h15-16H,4-14H2,1-3H3,(H2,19,25)(H,20,21). The number of likely N-dealkylation sites (N-methyl/N-ethyl adjacent to an activating group) is 1. The first kappa shape index (κ1) is 20.0. The number of hydrogen-bond acceptors (Lipinski definition) is 4. The number of piperazine rings is 1. The summed E-state index contributed by atoms with van der Waals surface area (Å²) in [7, 11) is 2.18. The van der Waals surface area contributed by atoms with Gasteiger partial charge in [-0.25, -0.2) is 0 Å². The van der Waals surface area contributed by atoms with E-state index < -0.39 is 0 Å². The molecule has 144 valence electrons. The van der Waals surface area contributed by atoms with Crippen LogP contribution in [0.25, 0.3) is 0 Å². The first-order valence-electron chi connectivity index (χ1n) is 9.73. The second-order valence-electron chi connectivity index (χ2n) is 7.51. The van der Waals surface area contributed by atoms with Crippen molar-refractivity contribution in [3.8, 4) is 0 Å². The summed E-state index contributed by atoms with van der Waals surface area (Å²) < 4.78 is 0. The Kier molecular flexibility index (Phi) is 7.96. The summed E-state index contributed by atoms with van der Waals surface area (Å²) in [5.74, 6) is 1.14. The molecule has 0 aromatic rings. The van der Waals surface area contributed by atoms with Gasteiger partial charge in [-0.15, -0.1) is 0 Å². The molecule has 0 spiro atoms. The van der Waals surface area contributed by atoms with Gasteiger partial charge in [0.2, 0.25) is 5.91 Å². The van der Waals surface area contributed by atoms with Crippen LogP contribution in [0.2, 0.25) is 0 Å². The van der Waals surface area contributed by atoms with E-state index in [4.69, 9.17) is 10.7 Å². The van der Waals surface area contributed by atoms with E-state index in [1.807, 2.05) is 0 Å². The number of piperidine rings is 1. The maximum absolute atomic E-state index is 11.2. The number of carbonyl (C=O) groups excluding carboxylic acids is 1. The summed E-state index contributed by atoms with van der Waals surface area (Å²) in [6, 6.07) is 0.452. The number of nitrogens with zero attached hydrogens (tertiary/aromatic N) is 4. The summed E-state index contributed by atoms with van der Waals surface area (Å²) in [5.41, 5.74) is 5.38. The van der Waals surface area contributed by atoms with Gasteiger partial charge < -0.3 is 20.9 Å². The van der Waals surface area contributed by atoms with Gasteiger partial charge in [0.05, 0.1) is 6.54 Å². The van der Waals surface area contributed by atoms with Crippen molar-refractivity contribution in [2.24, 2.45) is 16.6 Å². The van der Waals surface area contributed by atoms with Gasteiger partial charge in [-0.1, -0.05) is 0 Å². The molecular weight excluding hydrogens is 316 g/mol. The smallest absolute Gasteiger partial charge is 0.217 e. The number of aliphatic imine (C=N–C) groups is 1. The fraction of sp³-hybridized carbons (Fsp3) is 0.889. The molecule has 2 fully saturated rings. The Balaban J connectivity index is 1.91. The summed E-state index contributed by atoms with van der Waals surface area (Å²) in [6.07, 6.45) is 2.65. The molecule has 2 heterocycles. The van der Waals surface area contributed by atoms with Gasteiger partial charge in [-0.05, 0) is 39.7 Å². The van der Waals surface area contributed by atoms with E-state index >= 15 is 0 Å². The fourth-order valence-corrected chi connectivity index (χ4v) is 3.73. The van der Waals surface area contributed by atoms with Crippen LogP contribution in [0.1, 0.15) is 33.1 Å². The van der Waals surface area contributed by atoms with E-state index in [9.17, 15) is 4.79 Å². The van der Waals surface area contributed by atoms with Crippen molar-refractivity contribution in [1.29, 1.82) is 0 Å². The van der Waals surface area contributed by atoms with Crippen LogP contribution in [0.5, 0.6) is 0 Å². The minimum absolute atomic E-state index is 0.197. The van der Waals surface area contributed by atoms with Crippen LogP contribution in [-0.2, 0) is 4.79 Å². The minimum atomic E-state index is -0.197. The third-order valence-corrected chi connectivity index (χ3v) is 5.31. The maximum Gasteiger partial charge on any atom is 0.217 e. The Morgan fingerprint density at radius 2 is 2.00 bits per heavy atom. The van der Waals surface area contributed by atoms with Crippen LogP contribution in [0.15, 0.2) is 4.99 Å². The number of hydrogen-bond donors (Lipinski definition) is 2. The van der Waals surface area contributed by atoms with Gasteiger partial charge in [0.15, 0.2) is 5.96 Å². The molecule has 2 rings (SSSR count).